The van der Waals surface area contributed by atoms with Crippen molar-refractivity contribution in [3.8, 4) is 11.5 Å². The molecule has 0 bridgehead atoms. The number of hydrogen-bond acceptors (Lipinski definition) is 3. The summed E-state index contributed by atoms with van der Waals surface area (Å²) in [7, 11) is 0. The number of aryl methyl sites for hydroxylation is 3. The van der Waals surface area contributed by atoms with Gasteiger partial charge in [-0.15, -0.1) is 0 Å². The van der Waals surface area contributed by atoms with E-state index in [4.69, 9.17) is 9.47 Å². The van der Waals surface area contributed by atoms with Gasteiger partial charge in [0.1, 0.15) is 11.5 Å². The van der Waals surface area contributed by atoms with Crippen LogP contribution in [0.4, 0.5) is 0 Å². The second kappa shape index (κ2) is 11.4. The van der Waals surface area contributed by atoms with E-state index in [0.29, 0.717) is 13.0 Å². The van der Waals surface area contributed by atoms with Gasteiger partial charge in [0.2, 0.25) is 0 Å². The Morgan fingerprint density at radius 1 is 1.07 bits per heavy atom. The predicted octanol–water partition coefficient (Wildman–Crippen LogP) is 5.00. The SMILES string of the molecule is CCCOc1ccccc1CCCNC(=O)[C@@H](CC)Oc1cc(C)ccc1C. The van der Waals surface area contributed by atoms with Gasteiger partial charge in [-0.05, 0) is 68.4 Å². The van der Waals surface area contributed by atoms with E-state index in [1.807, 2.05) is 57.2 Å². The molecule has 0 radical (unpaired) electrons. The minimum atomic E-state index is -0.472. The van der Waals surface area contributed by atoms with Crippen LogP contribution in [0.15, 0.2) is 42.5 Å². The lowest BCUT2D eigenvalue weighted by molar-refractivity contribution is -0.128. The van der Waals surface area contributed by atoms with Crippen LogP contribution in [0.2, 0.25) is 0 Å². The summed E-state index contributed by atoms with van der Waals surface area (Å²) in [6.07, 6.45) is 2.88. The van der Waals surface area contributed by atoms with Crippen molar-refractivity contribution in [2.75, 3.05) is 13.2 Å². The van der Waals surface area contributed by atoms with Gasteiger partial charge in [-0.2, -0.15) is 0 Å². The van der Waals surface area contributed by atoms with E-state index in [0.717, 1.165) is 48.5 Å². The molecule has 0 heterocycles. The van der Waals surface area contributed by atoms with Gasteiger partial charge in [0.25, 0.3) is 5.91 Å². The van der Waals surface area contributed by atoms with Crippen molar-refractivity contribution < 1.29 is 14.3 Å². The zero-order valence-corrected chi connectivity index (χ0v) is 17.6. The van der Waals surface area contributed by atoms with Crippen molar-refractivity contribution >= 4 is 5.91 Å². The Balaban J connectivity index is 1.83. The average Bonchev–Trinajstić information content (AvgIpc) is 2.70. The Kier molecular flexibility index (Phi) is 8.86. The lowest BCUT2D eigenvalue weighted by Gasteiger charge is -2.19. The lowest BCUT2D eigenvalue weighted by Crippen LogP contribution is -2.38. The molecule has 0 aliphatic heterocycles. The lowest BCUT2D eigenvalue weighted by atomic mass is 10.1. The van der Waals surface area contributed by atoms with Gasteiger partial charge in [0.05, 0.1) is 6.61 Å². The van der Waals surface area contributed by atoms with Crippen LogP contribution in [-0.4, -0.2) is 25.2 Å². The number of carbonyl (C=O) groups is 1. The fraction of sp³-hybridized carbons (Fsp3) is 0.458. The first-order valence-electron chi connectivity index (χ1n) is 10.3. The number of para-hydroxylation sites is 1. The van der Waals surface area contributed by atoms with E-state index < -0.39 is 6.10 Å². The highest BCUT2D eigenvalue weighted by atomic mass is 16.5. The number of rotatable bonds is 11. The summed E-state index contributed by atoms with van der Waals surface area (Å²) < 4.78 is 11.8. The maximum atomic E-state index is 12.5. The Hall–Kier alpha value is -2.49. The van der Waals surface area contributed by atoms with Gasteiger partial charge < -0.3 is 14.8 Å². The molecule has 0 saturated heterocycles. The first-order chi connectivity index (χ1) is 13.5. The molecule has 0 aliphatic rings. The summed E-state index contributed by atoms with van der Waals surface area (Å²) in [5.41, 5.74) is 3.35. The zero-order valence-electron chi connectivity index (χ0n) is 17.6. The standard InChI is InChI=1S/C24H33NO3/c1-5-16-27-22-12-8-7-10-20(22)11-9-15-25-24(26)21(6-2)28-23-17-18(3)13-14-19(23)4/h7-8,10,12-14,17,21H,5-6,9,11,15-16H2,1-4H3,(H,25,26)/t21-/m1/s1. The van der Waals surface area contributed by atoms with Crippen molar-refractivity contribution in [2.45, 2.75) is 59.5 Å². The first-order valence-corrected chi connectivity index (χ1v) is 10.3. The summed E-state index contributed by atoms with van der Waals surface area (Å²) in [5, 5.41) is 3.02. The highest BCUT2D eigenvalue weighted by Crippen LogP contribution is 2.22. The Morgan fingerprint density at radius 2 is 1.86 bits per heavy atom. The third kappa shape index (κ3) is 6.59. The van der Waals surface area contributed by atoms with Crippen LogP contribution in [0.5, 0.6) is 11.5 Å². The summed E-state index contributed by atoms with van der Waals surface area (Å²) in [6.45, 7) is 9.43. The molecule has 2 aromatic rings. The number of amides is 1. The van der Waals surface area contributed by atoms with E-state index >= 15 is 0 Å². The average molecular weight is 384 g/mol. The molecule has 1 atom stereocenters. The molecule has 2 aromatic carbocycles. The molecule has 28 heavy (non-hydrogen) atoms. The Bertz CT molecular complexity index is 757. The summed E-state index contributed by atoms with van der Waals surface area (Å²) in [6, 6.07) is 14.2. The van der Waals surface area contributed by atoms with E-state index in [2.05, 4.69) is 18.3 Å². The topological polar surface area (TPSA) is 47.6 Å². The van der Waals surface area contributed by atoms with E-state index in [-0.39, 0.29) is 5.91 Å². The maximum Gasteiger partial charge on any atom is 0.261 e. The van der Waals surface area contributed by atoms with Crippen LogP contribution in [0, 0.1) is 13.8 Å². The molecule has 0 unspecified atom stereocenters. The fourth-order valence-electron chi connectivity index (χ4n) is 2.98. The molecule has 152 valence electrons. The van der Waals surface area contributed by atoms with Gasteiger partial charge in [-0.3, -0.25) is 4.79 Å². The molecule has 4 heteroatoms. The molecule has 0 saturated carbocycles. The van der Waals surface area contributed by atoms with Crippen LogP contribution in [0.1, 0.15) is 49.8 Å². The van der Waals surface area contributed by atoms with E-state index in [9.17, 15) is 4.79 Å². The minimum Gasteiger partial charge on any atom is -0.493 e. The predicted molar refractivity (Wildman–Crippen MR) is 114 cm³/mol. The maximum absolute atomic E-state index is 12.5. The van der Waals surface area contributed by atoms with Gasteiger partial charge in [-0.25, -0.2) is 0 Å². The zero-order chi connectivity index (χ0) is 20.4. The molecule has 0 spiro atoms. The third-order valence-corrected chi connectivity index (χ3v) is 4.63. The quantitative estimate of drug-likeness (QED) is 0.556. The largest absolute Gasteiger partial charge is 0.493 e. The molecule has 0 aromatic heterocycles. The minimum absolute atomic E-state index is 0.0566. The molecule has 1 N–H and O–H groups in total. The third-order valence-electron chi connectivity index (χ3n) is 4.63. The molecular weight excluding hydrogens is 350 g/mol. The number of nitrogens with one attached hydrogen (secondary N) is 1. The summed E-state index contributed by atoms with van der Waals surface area (Å²) >= 11 is 0. The van der Waals surface area contributed by atoms with Gasteiger partial charge >= 0.3 is 0 Å². The molecule has 0 aliphatic carbocycles. The van der Waals surface area contributed by atoms with E-state index in [1.165, 1.54) is 5.56 Å². The number of benzene rings is 2. The fourth-order valence-corrected chi connectivity index (χ4v) is 2.98. The second-order valence-electron chi connectivity index (χ2n) is 7.13. The van der Waals surface area contributed by atoms with Gasteiger partial charge in [0, 0.05) is 6.54 Å². The number of carbonyl (C=O) groups excluding carboxylic acids is 1. The molecule has 2 rings (SSSR count). The molecule has 4 nitrogen and oxygen atoms in total. The van der Waals surface area contributed by atoms with Crippen molar-refractivity contribution in [3.05, 3.63) is 59.2 Å². The van der Waals surface area contributed by atoms with E-state index in [1.54, 1.807) is 0 Å². The first kappa shape index (κ1) is 21.8. The van der Waals surface area contributed by atoms with Crippen molar-refractivity contribution in [2.24, 2.45) is 0 Å². The summed E-state index contributed by atoms with van der Waals surface area (Å²) in [4.78, 5) is 12.5. The smallest absolute Gasteiger partial charge is 0.261 e. The molecule has 1 amide bonds. The van der Waals surface area contributed by atoms with Crippen molar-refractivity contribution in [1.29, 1.82) is 0 Å². The van der Waals surface area contributed by atoms with Crippen LogP contribution >= 0.6 is 0 Å². The van der Waals surface area contributed by atoms with Crippen molar-refractivity contribution in [3.63, 3.8) is 0 Å². The van der Waals surface area contributed by atoms with Crippen molar-refractivity contribution in [1.82, 2.24) is 5.32 Å². The van der Waals surface area contributed by atoms with Crippen LogP contribution < -0.4 is 14.8 Å². The Morgan fingerprint density at radius 3 is 2.61 bits per heavy atom. The molecule has 0 fully saturated rings. The highest BCUT2D eigenvalue weighted by molar-refractivity contribution is 5.81. The summed E-state index contributed by atoms with van der Waals surface area (Å²) in [5.74, 6) is 1.67. The van der Waals surface area contributed by atoms with Crippen LogP contribution in [-0.2, 0) is 11.2 Å². The highest BCUT2D eigenvalue weighted by Gasteiger charge is 2.18. The molecular formula is C24H33NO3. The van der Waals surface area contributed by atoms with Crippen LogP contribution in [0.25, 0.3) is 0 Å². The number of ether oxygens (including phenoxy) is 2. The van der Waals surface area contributed by atoms with Gasteiger partial charge in [0.15, 0.2) is 6.10 Å². The normalized spacial score (nSPS) is 11.7. The van der Waals surface area contributed by atoms with Crippen LogP contribution in [0.3, 0.4) is 0 Å². The van der Waals surface area contributed by atoms with Gasteiger partial charge in [-0.1, -0.05) is 44.2 Å². The monoisotopic (exact) mass is 383 g/mol. The second-order valence-corrected chi connectivity index (χ2v) is 7.13. The number of hydrogen-bond donors (Lipinski definition) is 1. The Labute approximate surface area is 169 Å².